The zero-order chi connectivity index (χ0) is 18.5. The summed E-state index contributed by atoms with van der Waals surface area (Å²) in [5.74, 6) is -0.230. The number of benzene rings is 2. The van der Waals surface area contributed by atoms with E-state index in [0.717, 1.165) is 5.56 Å². The lowest BCUT2D eigenvalue weighted by Crippen LogP contribution is -2.19. The maximum absolute atomic E-state index is 11.7. The lowest BCUT2D eigenvalue weighted by molar-refractivity contribution is 0.0690. The van der Waals surface area contributed by atoms with Gasteiger partial charge in [-0.05, 0) is 24.6 Å². The fraction of sp³-hybridized carbons (Fsp3) is 0.211. The zero-order valence-corrected chi connectivity index (χ0v) is 14.7. The molecule has 0 spiro atoms. The van der Waals surface area contributed by atoms with E-state index in [1.807, 2.05) is 49.4 Å². The number of rotatable bonds is 7. The van der Waals surface area contributed by atoms with Crippen molar-refractivity contribution in [3.05, 3.63) is 65.9 Å². The van der Waals surface area contributed by atoms with Crippen molar-refractivity contribution >= 4 is 11.8 Å². The van der Waals surface area contributed by atoms with Gasteiger partial charge in [-0.1, -0.05) is 42.5 Å². The molecule has 0 saturated heterocycles. The number of nitrogens with zero attached hydrogens (tertiary/aromatic N) is 4. The van der Waals surface area contributed by atoms with Gasteiger partial charge in [0.15, 0.2) is 5.82 Å². The number of hydrogen-bond acceptors (Lipinski definition) is 5. The minimum Gasteiger partial charge on any atom is -0.492 e. The van der Waals surface area contributed by atoms with Crippen molar-refractivity contribution in [2.45, 2.75) is 13.5 Å². The summed E-state index contributed by atoms with van der Waals surface area (Å²) in [6, 6.07) is 17.0. The standard InChI is InChI=1S/C19H20N4O3/c1-3-26-16-12-8-7-11-15(16)23-20-17(19(24)25)18(21-23)22(2)13-14-9-5-4-6-10-14/h4-12H,3,13H2,1-2H3,(H,24,25). The Bertz CT molecular complexity index is 893. The van der Waals surface area contributed by atoms with Crippen LogP contribution in [-0.2, 0) is 6.54 Å². The largest absolute Gasteiger partial charge is 0.492 e. The van der Waals surface area contributed by atoms with Crippen molar-refractivity contribution in [1.82, 2.24) is 15.0 Å². The van der Waals surface area contributed by atoms with E-state index in [9.17, 15) is 9.90 Å². The predicted molar refractivity (Wildman–Crippen MR) is 98.0 cm³/mol. The molecule has 0 fully saturated rings. The molecule has 7 nitrogen and oxygen atoms in total. The van der Waals surface area contributed by atoms with Crippen molar-refractivity contribution < 1.29 is 14.6 Å². The van der Waals surface area contributed by atoms with E-state index < -0.39 is 5.97 Å². The Balaban J connectivity index is 1.98. The fourth-order valence-electron chi connectivity index (χ4n) is 2.63. The zero-order valence-electron chi connectivity index (χ0n) is 14.7. The molecule has 3 rings (SSSR count). The Morgan fingerprint density at radius 2 is 1.81 bits per heavy atom. The highest BCUT2D eigenvalue weighted by Gasteiger charge is 2.23. The number of carboxylic acids is 1. The van der Waals surface area contributed by atoms with E-state index >= 15 is 0 Å². The van der Waals surface area contributed by atoms with Crippen LogP contribution < -0.4 is 9.64 Å². The Hall–Kier alpha value is -3.35. The van der Waals surface area contributed by atoms with Crippen LogP contribution in [0.4, 0.5) is 5.82 Å². The quantitative estimate of drug-likeness (QED) is 0.704. The van der Waals surface area contributed by atoms with Crippen LogP contribution in [0.1, 0.15) is 23.0 Å². The average molecular weight is 352 g/mol. The summed E-state index contributed by atoms with van der Waals surface area (Å²) in [5, 5.41) is 18.1. The SMILES string of the molecule is CCOc1ccccc1-n1nc(C(=O)O)c(N(C)Cc2ccccc2)n1. The van der Waals surface area contributed by atoms with Gasteiger partial charge in [0, 0.05) is 13.6 Å². The van der Waals surface area contributed by atoms with Crippen molar-refractivity contribution in [3.8, 4) is 11.4 Å². The van der Waals surface area contributed by atoms with Gasteiger partial charge in [0.1, 0.15) is 11.4 Å². The van der Waals surface area contributed by atoms with Gasteiger partial charge in [-0.3, -0.25) is 0 Å². The maximum atomic E-state index is 11.7. The molecule has 0 aliphatic heterocycles. The molecule has 3 aromatic rings. The highest BCUT2D eigenvalue weighted by atomic mass is 16.5. The summed E-state index contributed by atoms with van der Waals surface area (Å²) < 4.78 is 5.60. The minimum absolute atomic E-state index is 0.102. The van der Waals surface area contributed by atoms with Crippen molar-refractivity contribution in [2.75, 3.05) is 18.6 Å². The molecule has 0 atom stereocenters. The fourth-order valence-corrected chi connectivity index (χ4v) is 2.63. The summed E-state index contributed by atoms with van der Waals surface area (Å²) in [7, 11) is 1.79. The second kappa shape index (κ2) is 7.69. The van der Waals surface area contributed by atoms with Crippen LogP contribution >= 0.6 is 0 Å². The van der Waals surface area contributed by atoms with E-state index in [4.69, 9.17) is 4.74 Å². The third kappa shape index (κ3) is 3.66. The van der Waals surface area contributed by atoms with Crippen molar-refractivity contribution in [1.29, 1.82) is 0 Å². The number of carbonyl (C=O) groups is 1. The van der Waals surface area contributed by atoms with Crippen LogP contribution in [0.2, 0.25) is 0 Å². The van der Waals surface area contributed by atoms with Gasteiger partial charge in [-0.15, -0.1) is 15.0 Å². The molecule has 26 heavy (non-hydrogen) atoms. The third-order valence-electron chi connectivity index (χ3n) is 3.80. The summed E-state index contributed by atoms with van der Waals surface area (Å²) >= 11 is 0. The molecule has 0 aliphatic rings. The second-order valence-electron chi connectivity index (χ2n) is 5.71. The van der Waals surface area contributed by atoms with Crippen LogP contribution in [0.5, 0.6) is 5.75 Å². The first kappa shape index (κ1) is 17.5. The lowest BCUT2D eigenvalue weighted by Gasteiger charge is -2.16. The van der Waals surface area contributed by atoms with Gasteiger partial charge < -0.3 is 14.7 Å². The number of aromatic nitrogens is 3. The smallest absolute Gasteiger partial charge is 0.360 e. The van der Waals surface area contributed by atoms with Gasteiger partial charge in [0.2, 0.25) is 5.69 Å². The van der Waals surface area contributed by atoms with E-state index in [2.05, 4.69) is 10.2 Å². The molecule has 1 aromatic heterocycles. The number of hydrogen-bond donors (Lipinski definition) is 1. The van der Waals surface area contributed by atoms with Crippen molar-refractivity contribution in [2.24, 2.45) is 0 Å². The number of ether oxygens (including phenoxy) is 1. The normalized spacial score (nSPS) is 10.5. The molecule has 1 N–H and O–H groups in total. The Morgan fingerprint density at radius 1 is 1.12 bits per heavy atom. The van der Waals surface area contributed by atoms with Gasteiger partial charge in [0.25, 0.3) is 0 Å². The lowest BCUT2D eigenvalue weighted by atomic mass is 10.2. The summed E-state index contributed by atoms with van der Waals surface area (Å²) in [4.78, 5) is 14.7. The highest BCUT2D eigenvalue weighted by molar-refractivity contribution is 5.91. The van der Waals surface area contributed by atoms with Crippen LogP contribution in [0, 0.1) is 0 Å². The molecule has 2 aromatic carbocycles. The molecule has 0 amide bonds. The molecule has 0 unspecified atom stereocenters. The first-order valence-electron chi connectivity index (χ1n) is 8.28. The highest BCUT2D eigenvalue weighted by Crippen LogP contribution is 2.24. The average Bonchev–Trinajstić information content (AvgIpc) is 3.09. The molecule has 0 saturated carbocycles. The van der Waals surface area contributed by atoms with Crippen LogP contribution in [0.15, 0.2) is 54.6 Å². The maximum Gasteiger partial charge on any atom is 0.360 e. The number of aromatic carboxylic acids is 1. The van der Waals surface area contributed by atoms with E-state index in [-0.39, 0.29) is 5.69 Å². The van der Waals surface area contributed by atoms with Gasteiger partial charge in [-0.25, -0.2) is 4.79 Å². The van der Waals surface area contributed by atoms with Crippen molar-refractivity contribution in [3.63, 3.8) is 0 Å². The predicted octanol–water partition coefficient (Wildman–Crippen LogP) is 3.00. The molecular formula is C19H20N4O3. The Kier molecular flexibility index (Phi) is 5.17. The molecule has 0 radical (unpaired) electrons. The van der Waals surface area contributed by atoms with Gasteiger partial charge >= 0.3 is 5.97 Å². The first-order chi connectivity index (χ1) is 12.6. The monoisotopic (exact) mass is 352 g/mol. The summed E-state index contributed by atoms with van der Waals surface area (Å²) in [6.07, 6.45) is 0. The topological polar surface area (TPSA) is 80.5 Å². The van der Waals surface area contributed by atoms with E-state index in [1.165, 1.54) is 4.80 Å². The van der Waals surface area contributed by atoms with Crippen LogP contribution in [-0.4, -0.2) is 39.7 Å². The number of para-hydroxylation sites is 2. The first-order valence-corrected chi connectivity index (χ1v) is 8.28. The molecular weight excluding hydrogens is 332 g/mol. The molecule has 7 heteroatoms. The van der Waals surface area contributed by atoms with Crippen LogP contribution in [0.25, 0.3) is 5.69 Å². The molecule has 0 aliphatic carbocycles. The number of anilines is 1. The van der Waals surface area contributed by atoms with Gasteiger partial charge in [-0.2, -0.15) is 0 Å². The van der Waals surface area contributed by atoms with E-state index in [1.54, 1.807) is 24.1 Å². The summed E-state index contributed by atoms with van der Waals surface area (Å²) in [5.41, 5.74) is 1.54. The summed E-state index contributed by atoms with van der Waals surface area (Å²) in [6.45, 7) is 2.90. The number of carboxylic acid groups (broad SMARTS) is 1. The Morgan fingerprint density at radius 3 is 2.50 bits per heavy atom. The molecule has 0 bridgehead atoms. The van der Waals surface area contributed by atoms with Crippen LogP contribution in [0.3, 0.4) is 0 Å². The minimum atomic E-state index is -1.12. The Labute approximate surface area is 151 Å². The van der Waals surface area contributed by atoms with E-state index in [0.29, 0.717) is 30.4 Å². The molecule has 1 heterocycles. The second-order valence-corrected chi connectivity index (χ2v) is 5.71. The third-order valence-corrected chi connectivity index (χ3v) is 3.80. The molecule has 134 valence electrons. The van der Waals surface area contributed by atoms with Gasteiger partial charge in [0.05, 0.1) is 6.61 Å².